The van der Waals surface area contributed by atoms with Crippen LogP contribution in [-0.4, -0.2) is 29.9 Å². The second kappa shape index (κ2) is 6.05. The number of methoxy groups -OCH3 is 1. The van der Waals surface area contributed by atoms with Gasteiger partial charge in [-0.2, -0.15) is 0 Å². The van der Waals surface area contributed by atoms with E-state index < -0.39 is 0 Å². The van der Waals surface area contributed by atoms with Crippen LogP contribution in [0.5, 0.6) is 0 Å². The lowest BCUT2D eigenvalue weighted by Gasteiger charge is -2.23. The second-order valence-corrected chi connectivity index (χ2v) is 4.98. The van der Waals surface area contributed by atoms with E-state index in [0.29, 0.717) is 12.3 Å². The van der Waals surface area contributed by atoms with Crippen molar-refractivity contribution < 1.29 is 14.3 Å². The van der Waals surface area contributed by atoms with E-state index in [1.54, 1.807) is 7.11 Å². The third-order valence-corrected chi connectivity index (χ3v) is 3.14. The lowest BCUT2D eigenvalue weighted by atomic mass is 10.1. The molecule has 0 fully saturated rings. The minimum atomic E-state index is -0.254. The average Bonchev–Trinajstić information content (AvgIpc) is 2.68. The van der Waals surface area contributed by atoms with Crippen LogP contribution in [0.3, 0.4) is 0 Å². The minimum absolute atomic E-state index is 0.190. The molecule has 0 saturated heterocycles. The number of aryl methyl sites for hydroxylation is 2. The second-order valence-electron chi connectivity index (χ2n) is 4.98. The summed E-state index contributed by atoms with van der Waals surface area (Å²) in [5.41, 5.74) is 1.40. The van der Waals surface area contributed by atoms with Crippen LogP contribution in [0, 0.1) is 6.92 Å². The molecule has 4 heteroatoms. The van der Waals surface area contributed by atoms with Gasteiger partial charge in [-0.15, -0.1) is 0 Å². The first-order valence-corrected chi connectivity index (χ1v) is 6.29. The van der Waals surface area contributed by atoms with Gasteiger partial charge in [-0.1, -0.05) is 0 Å². The first-order valence-electron chi connectivity index (χ1n) is 6.29. The van der Waals surface area contributed by atoms with E-state index in [-0.39, 0.29) is 11.6 Å². The molecular weight excluding hydrogens is 230 g/mol. The van der Waals surface area contributed by atoms with Gasteiger partial charge in [0.2, 0.25) is 0 Å². The summed E-state index contributed by atoms with van der Waals surface area (Å²) < 4.78 is 12.4. The normalized spacial score (nSPS) is 11.6. The molecule has 0 aliphatic rings. The standard InChI is InChI=1S/C14H23NO3/c1-6-18-13(16)12-11(2)7-9-15(12)10-8-14(3,4)17-5/h7,9H,6,8,10H2,1-5H3. The van der Waals surface area contributed by atoms with Crippen molar-refractivity contribution in [2.24, 2.45) is 0 Å². The molecule has 102 valence electrons. The number of rotatable bonds is 6. The van der Waals surface area contributed by atoms with Crippen molar-refractivity contribution in [3.8, 4) is 0 Å². The number of carbonyl (C=O) groups is 1. The van der Waals surface area contributed by atoms with E-state index in [1.807, 2.05) is 44.5 Å². The molecule has 1 aromatic rings. The Hall–Kier alpha value is -1.29. The summed E-state index contributed by atoms with van der Waals surface area (Å²) in [6.07, 6.45) is 2.76. The number of hydrogen-bond acceptors (Lipinski definition) is 3. The molecule has 18 heavy (non-hydrogen) atoms. The summed E-state index contributed by atoms with van der Waals surface area (Å²) >= 11 is 0. The van der Waals surface area contributed by atoms with Crippen LogP contribution in [0.4, 0.5) is 0 Å². The van der Waals surface area contributed by atoms with E-state index in [9.17, 15) is 4.79 Å². The Morgan fingerprint density at radius 3 is 2.67 bits per heavy atom. The van der Waals surface area contributed by atoms with Crippen molar-refractivity contribution in [3.05, 3.63) is 23.5 Å². The molecule has 0 radical (unpaired) electrons. The summed E-state index contributed by atoms with van der Waals surface area (Å²) in [4.78, 5) is 11.9. The number of esters is 1. The summed E-state index contributed by atoms with van der Waals surface area (Å²) in [6.45, 7) is 8.94. The van der Waals surface area contributed by atoms with Gasteiger partial charge in [-0.05, 0) is 45.7 Å². The zero-order chi connectivity index (χ0) is 13.8. The van der Waals surface area contributed by atoms with Crippen molar-refractivity contribution >= 4 is 5.97 Å². The highest BCUT2D eigenvalue weighted by Crippen LogP contribution is 2.18. The van der Waals surface area contributed by atoms with Gasteiger partial charge in [0, 0.05) is 19.9 Å². The third-order valence-electron chi connectivity index (χ3n) is 3.14. The summed E-state index contributed by atoms with van der Waals surface area (Å²) in [5, 5.41) is 0. The van der Waals surface area contributed by atoms with E-state index >= 15 is 0 Å². The molecule has 0 saturated carbocycles. The maximum Gasteiger partial charge on any atom is 0.355 e. The predicted octanol–water partition coefficient (Wildman–Crippen LogP) is 2.79. The fourth-order valence-corrected chi connectivity index (χ4v) is 1.74. The van der Waals surface area contributed by atoms with Crippen molar-refractivity contribution in [3.63, 3.8) is 0 Å². The Kier molecular flexibility index (Phi) is 4.96. The van der Waals surface area contributed by atoms with Gasteiger partial charge in [-0.3, -0.25) is 0 Å². The summed E-state index contributed by atoms with van der Waals surface area (Å²) in [5.74, 6) is -0.254. The number of aromatic nitrogens is 1. The number of carbonyl (C=O) groups excluding carboxylic acids is 1. The fraction of sp³-hybridized carbons (Fsp3) is 0.643. The Bertz CT molecular complexity index is 407. The predicted molar refractivity (Wildman–Crippen MR) is 70.8 cm³/mol. The first kappa shape index (κ1) is 14.8. The summed E-state index contributed by atoms with van der Waals surface area (Å²) in [7, 11) is 1.70. The Morgan fingerprint density at radius 2 is 2.11 bits per heavy atom. The molecule has 0 unspecified atom stereocenters. The Labute approximate surface area is 109 Å². The quantitative estimate of drug-likeness (QED) is 0.732. The molecule has 1 heterocycles. The monoisotopic (exact) mass is 253 g/mol. The summed E-state index contributed by atoms with van der Waals surface area (Å²) in [6, 6.07) is 1.94. The molecule has 0 atom stereocenters. The molecule has 0 amide bonds. The maximum atomic E-state index is 11.9. The highest BCUT2D eigenvalue weighted by atomic mass is 16.5. The van der Waals surface area contributed by atoms with Gasteiger partial charge in [0.05, 0.1) is 12.2 Å². The highest BCUT2D eigenvalue weighted by molar-refractivity contribution is 5.89. The molecule has 1 rings (SSSR count). The zero-order valence-corrected chi connectivity index (χ0v) is 11.9. The molecule has 1 aromatic heterocycles. The molecule has 0 aliphatic heterocycles. The lowest BCUT2D eigenvalue weighted by molar-refractivity contribution is 0.0115. The van der Waals surface area contributed by atoms with Gasteiger partial charge in [0.15, 0.2) is 0 Å². The largest absolute Gasteiger partial charge is 0.461 e. The van der Waals surface area contributed by atoms with E-state index in [4.69, 9.17) is 9.47 Å². The zero-order valence-electron chi connectivity index (χ0n) is 11.9. The van der Waals surface area contributed by atoms with Crippen molar-refractivity contribution in [2.45, 2.75) is 46.3 Å². The number of ether oxygens (including phenoxy) is 2. The third kappa shape index (κ3) is 3.60. The number of hydrogen-bond donors (Lipinski definition) is 0. The van der Waals surface area contributed by atoms with Crippen LogP contribution in [0.25, 0.3) is 0 Å². The smallest absolute Gasteiger partial charge is 0.355 e. The molecule has 0 N–H and O–H groups in total. The van der Waals surface area contributed by atoms with Gasteiger partial charge in [0.1, 0.15) is 5.69 Å². The van der Waals surface area contributed by atoms with Crippen molar-refractivity contribution in [1.29, 1.82) is 0 Å². The average molecular weight is 253 g/mol. The molecule has 0 spiro atoms. The topological polar surface area (TPSA) is 40.5 Å². The van der Waals surface area contributed by atoms with Crippen LogP contribution in [0.2, 0.25) is 0 Å². The molecule has 0 bridgehead atoms. The van der Waals surface area contributed by atoms with Crippen LogP contribution in [-0.2, 0) is 16.0 Å². The molecule has 0 aromatic carbocycles. The minimum Gasteiger partial charge on any atom is -0.461 e. The fourth-order valence-electron chi connectivity index (χ4n) is 1.74. The van der Waals surface area contributed by atoms with Gasteiger partial charge < -0.3 is 14.0 Å². The van der Waals surface area contributed by atoms with E-state index in [2.05, 4.69) is 0 Å². The SMILES string of the molecule is CCOC(=O)c1c(C)ccn1CCC(C)(C)OC. The highest BCUT2D eigenvalue weighted by Gasteiger charge is 2.20. The maximum absolute atomic E-state index is 11.9. The Balaban J connectivity index is 2.81. The number of nitrogens with zero attached hydrogens (tertiary/aromatic N) is 1. The molecular formula is C14H23NO3. The Morgan fingerprint density at radius 1 is 1.44 bits per heavy atom. The van der Waals surface area contributed by atoms with Crippen molar-refractivity contribution in [2.75, 3.05) is 13.7 Å². The van der Waals surface area contributed by atoms with Crippen LogP contribution >= 0.6 is 0 Å². The lowest BCUT2D eigenvalue weighted by Crippen LogP contribution is -2.25. The van der Waals surface area contributed by atoms with Gasteiger partial charge in [0.25, 0.3) is 0 Å². The van der Waals surface area contributed by atoms with Gasteiger partial charge >= 0.3 is 5.97 Å². The van der Waals surface area contributed by atoms with E-state index in [0.717, 1.165) is 18.5 Å². The molecule has 0 aliphatic carbocycles. The van der Waals surface area contributed by atoms with Crippen LogP contribution < -0.4 is 0 Å². The van der Waals surface area contributed by atoms with Crippen LogP contribution in [0.15, 0.2) is 12.3 Å². The van der Waals surface area contributed by atoms with Crippen molar-refractivity contribution in [1.82, 2.24) is 4.57 Å². The molecule has 4 nitrogen and oxygen atoms in total. The first-order chi connectivity index (χ1) is 8.41. The van der Waals surface area contributed by atoms with Crippen LogP contribution in [0.1, 0.15) is 43.2 Å². The van der Waals surface area contributed by atoms with Gasteiger partial charge in [-0.25, -0.2) is 4.79 Å². The van der Waals surface area contributed by atoms with E-state index in [1.165, 1.54) is 0 Å².